The van der Waals surface area contributed by atoms with E-state index in [4.69, 9.17) is 0 Å². The van der Waals surface area contributed by atoms with E-state index in [1.807, 2.05) is 0 Å². The quantitative estimate of drug-likeness (QED) is 0.805. The third-order valence-corrected chi connectivity index (χ3v) is 2.92. The molecule has 0 aliphatic carbocycles. The normalized spacial score (nSPS) is 12.8. The second kappa shape index (κ2) is 5.39. The van der Waals surface area contributed by atoms with Crippen LogP contribution >= 0.6 is 15.9 Å². The lowest BCUT2D eigenvalue weighted by Gasteiger charge is -2.12. The van der Waals surface area contributed by atoms with E-state index in [0.717, 1.165) is 0 Å². The number of nitrogens with one attached hydrogen (secondary N) is 1. The highest BCUT2D eigenvalue weighted by Gasteiger charge is 2.09. The fraction of sp³-hybridized carbons (Fsp3) is 0.556. The molecule has 1 unspecified atom stereocenters. The lowest BCUT2D eigenvalue weighted by atomic mass is 10.3. The van der Waals surface area contributed by atoms with E-state index in [-0.39, 0.29) is 12.1 Å². The highest BCUT2D eigenvalue weighted by atomic mass is 79.9. The first-order valence-corrected chi connectivity index (χ1v) is 5.39. The third-order valence-electron chi connectivity index (χ3n) is 2.00. The zero-order valence-corrected chi connectivity index (χ0v) is 10.3. The number of rotatable bonds is 4. The summed E-state index contributed by atoms with van der Waals surface area (Å²) in [4.78, 5) is 15.7. The Morgan fingerprint density at radius 2 is 2.40 bits per heavy atom. The molecule has 0 spiro atoms. The number of aliphatic hydroxyl groups is 1. The molecule has 0 fully saturated rings. The van der Waals surface area contributed by atoms with Gasteiger partial charge in [-0.1, -0.05) is 0 Å². The van der Waals surface area contributed by atoms with Gasteiger partial charge in [0.25, 0.3) is 5.56 Å². The van der Waals surface area contributed by atoms with Crippen LogP contribution in [0, 0.1) is 6.92 Å². The predicted molar refractivity (Wildman–Crippen MR) is 60.9 cm³/mol. The number of likely N-dealkylation sites (N-methyl/N-ethyl adjacent to an activating group) is 1. The SMILES string of the molecule is CNCC(O)Cn1cnc(C)c(Br)c1=O. The third kappa shape index (κ3) is 3.12. The van der Waals surface area contributed by atoms with Gasteiger partial charge in [-0.05, 0) is 29.9 Å². The molecule has 1 heterocycles. The molecule has 0 saturated carbocycles. The van der Waals surface area contributed by atoms with Crippen molar-refractivity contribution in [2.45, 2.75) is 19.6 Å². The van der Waals surface area contributed by atoms with Gasteiger partial charge in [0.15, 0.2) is 0 Å². The van der Waals surface area contributed by atoms with Crippen molar-refractivity contribution in [2.24, 2.45) is 0 Å². The molecule has 0 bridgehead atoms. The molecule has 6 heteroatoms. The van der Waals surface area contributed by atoms with Gasteiger partial charge in [-0.3, -0.25) is 9.36 Å². The van der Waals surface area contributed by atoms with Crippen molar-refractivity contribution in [3.63, 3.8) is 0 Å². The fourth-order valence-electron chi connectivity index (χ4n) is 1.20. The van der Waals surface area contributed by atoms with Crippen LogP contribution in [0.25, 0.3) is 0 Å². The van der Waals surface area contributed by atoms with Crippen molar-refractivity contribution in [3.8, 4) is 0 Å². The maximum Gasteiger partial charge on any atom is 0.267 e. The van der Waals surface area contributed by atoms with E-state index in [1.165, 1.54) is 10.9 Å². The van der Waals surface area contributed by atoms with Gasteiger partial charge in [-0.2, -0.15) is 0 Å². The molecule has 1 rings (SSSR count). The minimum atomic E-state index is -0.593. The molecular weight excluding hydrogens is 262 g/mol. The summed E-state index contributed by atoms with van der Waals surface area (Å²) in [6.45, 7) is 2.43. The molecule has 2 N–H and O–H groups in total. The molecule has 0 saturated heterocycles. The van der Waals surface area contributed by atoms with Crippen LogP contribution in [0.5, 0.6) is 0 Å². The van der Waals surface area contributed by atoms with Crippen LogP contribution in [0.1, 0.15) is 5.69 Å². The van der Waals surface area contributed by atoms with E-state index >= 15 is 0 Å². The highest BCUT2D eigenvalue weighted by Crippen LogP contribution is 2.06. The average Bonchev–Trinajstić information content (AvgIpc) is 2.20. The summed E-state index contributed by atoms with van der Waals surface area (Å²) in [6.07, 6.45) is 0.852. The molecule has 1 atom stereocenters. The summed E-state index contributed by atoms with van der Waals surface area (Å²) in [5.41, 5.74) is 0.483. The number of nitrogens with zero attached hydrogens (tertiary/aromatic N) is 2. The summed E-state index contributed by atoms with van der Waals surface area (Å²) >= 11 is 3.17. The highest BCUT2D eigenvalue weighted by molar-refractivity contribution is 9.10. The Kier molecular flexibility index (Phi) is 4.44. The minimum Gasteiger partial charge on any atom is -0.390 e. The first kappa shape index (κ1) is 12.4. The van der Waals surface area contributed by atoms with Crippen LogP contribution in [0.15, 0.2) is 15.6 Å². The average molecular weight is 276 g/mol. The molecule has 0 aromatic carbocycles. The largest absolute Gasteiger partial charge is 0.390 e. The number of aromatic nitrogens is 2. The molecule has 15 heavy (non-hydrogen) atoms. The predicted octanol–water partition coefficient (Wildman–Crippen LogP) is -0.105. The van der Waals surface area contributed by atoms with Crippen LogP contribution in [0.4, 0.5) is 0 Å². The molecule has 0 aliphatic rings. The first-order chi connectivity index (χ1) is 7.06. The summed E-state index contributed by atoms with van der Waals surface area (Å²) in [6, 6.07) is 0. The van der Waals surface area contributed by atoms with Crippen molar-refractivity contribution in [1.82, 2.24) is 14.9 Å². The van der Waals surface area contributed by atoms with Crippen molar-refractivity contribution in [3.05, 3.63) is 26.8 Å². The molecule has 0 aliphatic heterocycles. The Hall–Kier alpha value is -0.720. The Morgan fingerprint density at radius 3 is 3.00 bits per heavy atom. The van der Waals surface area contributed by atoms with Crippen molar-refractivity contribution in [2.75, 3.05) is 13.6 Å². The zero-order valence-electron chi connectivity index (χ0n) is 8.70. The lowest BCUT2D eigenvalue weighted by Crippen LogP contribution is -2.33. The Morgan fingerprint density at radius 1 is 1.73 bits per heavy atom. The van der Waals surface area contributed by atoms with E-state index in [9.17, 15) is 9.90 Å². The number of aliphatic hydroxyl groups excluding tert-OH is 1. The summed E-state index contributed by atoms with van der Waals surface area (Å²) in [7, 11) is 1.75. The fourth-order valence-corrected chi connectivity index (χ4v) is 1.53. The van der Waals surface area contributed by atoms with Crippen molar-refractivity contribution < 1.29 is 5.11 Å². The van der Waals surface area contributed by atoms with E-state index in [0.29, 0.717) is 16.7 Å². The minimum absolute atomic E-state index is 0.169. The van der Waals surface area contributed by atoms with E-state index in [2.05, 4.69) is 26.2 Å². The Labute approximate surface area is 96.3 Å². The summed E-state index contributed by atoms with van der Waals surface area (Å²) < 4.78 is 1.83. The number of aryl methyl sites for hydroxylation is 1. The van der Waals surface area contributed by atoms with Gasteiger partial charge in [-0.25, -0.2) is 4.98 Å². The Balaban J connectivity index is 2.87. The van der Waals surface area contributed by atoms with Gasteiger partial charge in [-0.15, -0.1) is 0 Å². The van der Waals surface area contributed by atoms with Crippen LogP contribution < -0.4 is 10.9 Å². The number of hydrogen-bond donors (Lipinski definition) is 2. The maximum absolute atomic E-state index is 11.7. The molecular formula is C9H14BrN3O2. The molecule has 5 nitrogen and oxygen atoms in total. The number of halogens is 1. The van der Waals surface area contributed by atoms with E-state index in [1.54, 1.807) is 14.0 Å². The number of hydrogen-bond acceptors (Lipinski definition) is 4. The van der Waals surface area contributed by atoms with Gasteiger partial charge in [0, 0.05) is 6.54 Å². The molecule has 0 radical (unpaired) electrons. The Bertz CT molecular complexity index is 391. The molecule has 0 amide bonds. The van der Waals surface area contributed by atoms with E-state index < -0.39 is 6.10 Å². The standard InChI is InChI=1S/C9H14BrN3O2/c1-6-8(10)9(15)13(5-12-6)4-7(14)3-11-2/h5,7,11,14H,3-4H2,1-2H3. The molecule has 1 aromatic rings. The maximum atomic E-state index is 11.7. The van der Waals surface area contributed by atoms with Crippen LogP contribution in [0.2, 0.25) is 0 Å². The topological polar surface area (TPSA) is 67.2 Å². The monoisotopic (exact) mass is 275 g/mol. The van der Waals surface area contributed by atoms with Gasteiger partial charge in [0.2, 0.25) is 0 Å². The summed E-state index contributed by atoms with van der Waals surface area (Å²) in [5.74, 6) is 0. The smallest absolute Gasteiger partial charge is 0.267 e. The van der Waals surface area contributed by atoms with Gasteiger partial charge >= 0.3 is 0 Å². The lowest BCUT2D eigenvalue weighted by molar-refractivity contribution is 0.152. The molecule has 1 aromatic heterocycles. The van der Waals surface area contributed by atoms with Crippen LogP contribution in [-0.4, -0.2) is 34.4 Å². The zero-order chi connectivity index (χ0) is 11.4. The van der Waals surface area contributed by atoms with Crippen molar-refractivity contribution >= 4 is 15.9 Å². The van der Waals surface area contributed by atoms with Gasteiger partial charge in [0.05, 0.1) is 24.7 Å². The second-order valence-corrected chi connectivity index (χ2v) is 4.11. The van der Waals surface area contributed by atoms with Crippen molar-refractivity contribution in [1.29, 1.82) is 0 Å². The summed E-state index contributed by atoms with van der Waals surface area (Å²) in [5, 5.41) is 12.4. The first-order valence-electron chi connectivity index (χ1n) is 4.60. The van der Waals surface area contributed by atoms with Gasteiger partial charge < -0.3 is 10.4 Å². The van der Waals surface area contributed by atoms with Gasteiger partial charge in [0.1, 0.15) is 4.47 Å². The van der Waals surface area contributed by atoms with Crippen LogP contribution in [0.3, 0.4) is 0 Å². The molecule has 84 valence electrons. The second-order valence-electron chi connectivity index (χ2n) is 3.31. The van der Waals surface area contributed by atoms with Crippen LogP contribution in [-0.2, 0) is 6.54 Å².